The predicted octanol–water partition coefficient (Wildman–Crippen LogP) is 1.70. The van der Waals surface area contributed by atoms with Crippen molar-refractivity contribution in [3.8, 4) is 0 Å². The van der Waals surface area contributed by atoms with Crippen LogP contribution in [-0.2, 0) is 33.2 Å². The first-order valence-corrected chi connectivity index (χ1v) is 9.39. The maximum atomic E-state index is 11.4. The second-order valence-electron chi connectivity index (χ2n) is 6.60. The number of hydrogen-bond acceptors (Lipinski definition) is 8. The highest BCUT2D eigenvalue weighted by Crippen LogP contribution is 2.05. The Morgan fingerprint density at radius 3 is 1.86 bits per heavy atom. The highest BCUT2D eigenvalue weighted by atomic mass is 16.6. The van der Waals surface area contributed by atoms with Crippen molar-refractivity contribution in [2.45, 2.75) is 32.8 Å². The van der Waals surface area contributed by atoms with E-state index in [9.17, 15) is 9.59 Å². The topological polar surface area (TPSA) is 102 Å². The average molecular weight is 405 g/mol. The summed E-state index contributed by atoms with van der Waals surface area (Å²) in [6, 6.07) is 0. The van der Waals surface area contributed by atoms with Crippen LogP contribution in [0.25, 0.3) is 0 Å². The lowest BCUT2D eigenvalue weighted by molar-refractivity contribution is -0.143. The van der Waals surface area contributed by atoms with E-state index in [0.29, 0.717) is 59.4 Å². The Hall–Kier alpha value is -1.68. The lowest BCUT2D eigenvalue weighted by atomic mass is 10.2. The first kappa shape index (κ1) is 26.3. The summed E-state index contributed by atoms with van der Waals surface area (Å²) >= 11 is 0. The molecule has 0 rings (SSSR count). The minimum atomic E-state index is -0.508. The molecule has 0 aromatic carbocycles. The maximum absolute atomic E-state index is 11.4. The number of rotatable bonds is 17. The smallest absolute Gasteiger partial charge is 0.407 e. The summed E-state index contributed by atoms with van der Waals surface area (Å²) in [4.78, 5) is 22.6. The van der Waals surface area contributed by atoms with Crippen molar-refractivity contribution in [3.05, 3.63) is 12.7 Å². The largest absolute Gasteiger partial charge is 0.461 e. The highest BCUT2D eigenvalue weighted by molar-refractivity contribution is 5.69. The van der Waals surface area contributed by atoms with Gasteiger partial charge in [0.15, 0.2) is 0 Å². The van der Waals surface area contributed by atoms with Gasteiger partial charge in [0.25, 0.3) is 0 Å². The maximum Gasteiger partial charge on any atom is 0.407 e. The van der Waals surface area contributed by atoms with Crippen LogP contribution in [0.2, 0.25) is 0 Å². The van der Waals surface area contributed by atoms with Gasteiger partial charge in [0.2, 0.25) is 0 Å². The van der Waals surface area contributed by atoms with Crippen molar-refractivity contribution in [1.29, 1.82) is 0 Å². The Labute approximate surface area is 167 Å². The van der Waals surface area contributed by atoms with Crippen molar-refractivity contribution < 1.29 is 38.0 Å². The molecular weight excluding hydrogens is 370 g/mol. The van der Waals surface area contributed by atoms with Crippen LogP contribution in [0.5, 0.6) is 0 Å². The van der Waals surface area contributed by atoms with Gasteiger partial charge in [-0.1, -0.05) is 12.7 Å². The fourth-order valence-electron chi connectivity index (χ4n) is 1.68. The lowest BCUT2D eigenvalue weighted by Gasteiger charge is -2.19. The van der Waals surface area contributed by atoms with E-state index in [1.807, 2.05) is 20.8 Å². The second kappa shape index (κ2) is 17.4. The molecule has 164 valence electrons. The number of amides is 1. The molecule has 0 aliphatic rings. The number of ether oxygens (including phenoxy) is 6. The first-order chi connectivity index (χ1) is 13.3. The van der Waals surface area contributed by atoms with Crippen molar-refractivity contribution in [3.63, 3.8) is 0 Å². The summed E-state index contributed by atoms with van der Waals surface area (Å²) in [5.41, 5.74) is -0.508. The molecule has 0 fully saturated rings. The van der Waals surface area contributed by atoms with E-state index >= 15 is 0 Å². The van der Waals surface area contributed by atoms with Gasteiger partial charge in [-0.05, 0) is 20.8 Å². The molecular formula is C19H35NO8. The Morgan fingerprint density at radius 2 is 1.36 bits per heavy atom. The van der Waals surface area contributed by atoms with Crippen LogP contribution >= 0.6 is 0 Å². The van der Waals surface area contributed by atoms with Crippen LogP contribution in [0, 0.1) is 0 Å². The van der Waals surface area contributed by atoms with E-state index in [1.54, 1.807) is 0 Å². The molecule has 0 heterocycles. The first-order valence-electron chi connectivity index (χ1n) is 9.39. The van der Waals surface area contributed by atoms with E-state index < -0.39 is 11.7 Å². The molecule has 0 saturated carbocycles. The van der Waals surface area contributed by atoms with E-state index in [0.717, 1.165) is 0 Å². The van der Waals surface area contributed by atoms with Crippen LogP contribution < -0.4 is 5.32 Å². The number of alkyl carbamates (subject to hydrolysis) is 1. The summed E-state index contributed by atoms with van der Waals surface area (Å²) in [6.45, 7) is 12.8. The second-order valence-corrected chi connectivity index (χ2v) is 6.60. The molecule has 0 radical (unpaired) electrons. The summed E-state index contributed by atoms with van der Waals surface area (Å²) in [7, 11) is 0. The lowest BCUT2D eigenvalue weighted by Crippen LogP contribution is -2.34. The summed E-state index contributed by atoms with van der Waals surface area (Å²) in [5.74, 6) is -0.308. The van der Waals surface area contributed by atoms with Crippen LogP contribution in [0.3, 0.4) is 0 Å². The monoisotopic (exact) mass is 405 g/mol. The van der Waals surface area contributed by atoms with Gasteiger partial charge in [-0.25, -0.2) is 4.79 Å². The van der Waals surface area contributed by atoms with Gasteiger partial charge in [0, 0.05) is 6.54 Å². The van der Waals surface area contributed by atoms with Crippen molar-refractivity contribution in [2.75, 3.05) is 66.0 Å². The van der Waals surface area contributed by atoms with Gasteiger partial charge in [-0.2, -0.15) is 0 Å². The molecule has 0 spiro atoms. The quantitative estimate of drug-likeness (QED) is 0.222. The van der Waals surface area contributed by atoms with Crippen LogP contribution in [0.15, 0.2) is 12.7 Å². The minimum Gasteiger partial charge on any atom is -0.461 e. The molecule has 28 heavy (non-hydrogen) atoms. The molecule has 1 amide bonds. The molecule has 9 nitrogen and oxygen atoms in total. The van der Waals surface area contributed by atoms with Gasteiger partial charge in [0.1, 0.15) is 12.2 Å². The number of hydrogen-bond donors (Lipinski definition) is 1. The number of nitrogens with one attached hydrogen (secondary N) is 1. The van der Waals surface area contributed by atoms with Crippen LogP contribution in [-0.4, -0.2) is 83.7 Å². The molecule has 0 saturated heterocycles. The summed E-state index contributed by atoms with van der Waals surface area (Å²) in [5, 5.41) is 2.61. The van der Waals surface area contributed by atoms with E-state index in [-0.39, 0.29) is 19.0 Å². The molecule has 0 aromatic rings. The third-order valence-corrected chi connectivity index (χ3v) is 2.84. The van der Waals surface area contributed by atoms with Gasteiger partial charge in [-0.3, -0.25) is 4.79 Å². The van der Waals surface area contributed by atoms with E-state index in [4.69, 9.17) is 28.4 Å². The molecule has 1 N–H and O–H groups in total. The minimum absolute atomic E-state index is 0.213. The molecule has 0 aliphatic carbocycles. The number of esters is 1. The zero-order valence-electron chi connectivity index (χ0n) is 17.3. The van der Waals surface area contributed by atoms with Crippen molar-refractivity contribution in [1.82, 2.24) is 5.32 Å². The van der Waals surface area contributed by atoms with Crippen molar-refractivity contribution >= 4 is 12.1 Å². The number of carbonyl (C=O) groups is 2. The van der Waals surface area contributed by atoms with Crippen molar-refractivity contribution in [2.24, 2.45) is 0 Å². The number of carbonyl (C=O) groups excluding carboxylic acids is 2. The van der Waals surface area contributed by atoms with Gasteiger partial charge < -0.3 is 33.7 Å². The van der Waals surface area contributed by atoms with E-state index in [1.165, 1.54) is 6.08 Å². The molecule has 9 heteroatoms. The predicted molar refractivity (Wildman–Crippen MR) is 103 cm³/mol. The average Bonchev–Trinajstić information content (AvgIpc) is 2.61. The standard InChI is InChI=1S/C19H35NO8/c1-5-8-27-17(21)6-9-23-11-13-25-15-16-26-14-12-24-10-7-20-18(22)28-19(2,3)4/h5H,1,6-16H2,2-4H3,(H,20,22). The Morgan fingerprint density at radius 1 is 0.857 bits per heavy atom. The molecule has 0 atom stereocenters. The Bertz CT molecular complexity index is 423. The highest BCUT2D eigenvalue weighted by Gasteiger charge is 2.15. The van der Waals surface area contributed by atoms with Gasteiger partial charge in [-0.15, -0.1) is 0 Å². The third-order valence-electron chi connectivity index (χ3n) is 2.84. The fourth-order valence-corrected chi connectivity index (χ4v) is 1.68. The fraction of sp³-hybridized carbons (Fsp3) is 0.789. The van der Waals surface area contributed by atoms with E-state index in [2.05, 4.69) is 11.9 Å². The molecule has 0 unspecified atom stereocenters. The van der Waals surface area contributed by atoms with Gasteiger partial charge in [0.05, 0.1) is 59.3 Å². The normalized spacial score (nSPS) is 11.1. The SMILES string of the molecule is C=CCOC(=O)CCOCCOCCOCCOCCNC(=O)OC(C)(C)C. The Balaban J connectivity index is 3.21. The molecule has 0 aliphatic heterocycles. The van der Waals surface area contributed by atoms with Crippen LogP contribution in [0.4, 0.5) is 4.79 Å². The summed E-state index contributed by atoms with van der Waals surface area (Å²) < 4.78 is 31.2. The van der Waals surface area contributed by atoms with Crippen LogP contribution in [0.1, 0.15) is 27.2 Å². The molecule has 0 aromatic heterocycles. The van der Waals surface area contributed by atoms with Gasteiger partial charge >= 0.3 is 12.1 Å². The zero-order valence-corrected chi connectivity index (χ0v) is 17.3. The summed E-state index contributed by atoms with van der Waals surface area (Å²) in [6.07, 6.45) is 1.27. The third kappa shape index (κ3) is 20.6. The Kier molecular flexibility index (Phi) is 16.4. The zero-order chi connectivity index (χ0) is 21.1. The molecule has 0 bridgehead atoms.